The van der Waals surface area contributed by atoms with Crippen molar-refractivity contribution in [3.05, 3.63) is 11.4 Å². The van der Waals surface area contributed by atoms with E-state index < -0.39 is 5.97 Å². The van der Waals surface area contributed by atoms with Crippen LogP contribution in [0.4, 0.5) is 5.69 Å². The molecule has 0 amide bonds. The minimum atomic E-state index is -0.405. The highest BCUT2D eigenvalue weighted by molar-refractivity contribution is 5.93. The Kier molecular flexibility index (Phi) is 3.33. The molecular weight excluding hydrogens is 222 g/mol. The number of esters is 1. The molecule has 2 rings (SSSR count). The largest absolute Gasteiger partial charge is 0.457 e. The van der Waals surface area contributed by atoms with Crippen molar-refractivity contribution in [2.45, 2.75) is 25.9 Å². The summed E-state index contributed by atoms with van der Waals surface area (Å²) in [7, 11) is 1.68. The van der Waals surface area contributed by atoms with Crippen LogP contribution >= 0.6 is 0 Å². The lowest BCUT2D eigenvalue weighted by Gasteiger charge is -2.22. The second-order valence-electron chi connectivity index (χ2n) is 4.19. The standard InChI is InChI=1S/C11H17N3O3/c1-7-9(12)10(14(2)13-7)11(15)17-8-3-5-16-6-4-8/h8H,3-6,12H2,1-2H3. The number of carbonyl (C=O) groups is 1. The highest BCUT2D eigenvalue weighted by atomic mass is 16.6. The molecule has 2 heterocycles. The quantitative estimate of drug-likeness (QED) is 0.766. The Balaban J connectivity index is 2.08. The van der Waals surface area contributed by atoms with Gasteiger partial charge in [0.1, 0.15) is 6.10 Å². The lowest BCUT2D eigenvalue weighted by atomic mass is 10.1. The summed E-state index contributed by atoms with van der Waals surface area (Å²) in [6.45, 7) is 3.04. The molecule has 0 spiro atoms. The molecule has 0 aromatic carbocycles. The van der Waals surface area contributed by atoms with Crippen LogP contribution in [0.3, 0.4) is 0 Å². The number of hydrogen-bond donors (Lipinski definition) is 1. The van der Waals surface area contributed by atoms with Crippen molar-refractivity contribution < 1.29 is 14.3 Å². The lowest BCUT2D eigenvalue weighted by Crippen LogP contribution is -2.27. The predicted octanol–water partition coefficient (Wildman–Crippen LogP) is 0.647. The first kappa shape index (κ1) is 11.9. The van der Waals surface area contributed by atoms with Crippen molar-refractivity contribution in [2.75, 3.05) is 18.9 Å². The number of nitrogens with two attached hydrogens (primary N) is 1. The molecule has 17 heavy (non-hydrogen) atoms. The van der Waals surface area contributed by atoms with Crippen molar-refractivity contribution in [1.82, 2.24) is 9.78 Å². The third-order valence-electron chi connectivity index (χ3n) is 2.90. The summed E-state index contributed by atoms with van der Waals surface area (Å²) in [5, 5.41) is 4.09. The van der Waals surface area contributed by atoms with Gasteiger partial charge in [0.05, 0.1) is 24.6 Å². The zero-order valence-electron chi connectivity index (χ0n) is 10.1. The second-order valence-corrected chi connectivity index (χ2v) is 4.19. The van der Waals surface area contributed by atoms with Crippen molar-refractivity contribution in [3.8, 4) is 0 Å². The highest BCUT2D eigenvalue weighted by Crippen LogP contribution is 2.19. The zero-order valence-corrected chi connectivity index (χ0v) is 10.1. The molecule has 1 aliphatic rings. The summed E-state index contributed by atoms with van der Waals surface area (Å²) in [5.41, 5.74) is 7.17. The van der Waals surface area contributed by atoms with Gasteiger partial charge in [-0.1, -0.05) is 0 Å². The van der Waals surface area contributed by atoms with E-state index in [0.29, 0.717) is 30.3 Å². The van der Waals surface area contributed by atoms with E-state index in [4.69, 9.17) is 15.2 Å². The summed E-state index contributed by atoms with van der Waals surface area (Å²) in [4.78, 5) is 12.0. The average molecular weight is 239 g/mol. The Morgan fingerprint density at radius 1 is 1.53 bits per heavy atom. The van der Waals surface area contributed by atoms with E-state index in [9.17, 15) is 4.79 Å². The molecule has 0 aliphatic carbocycles. The van der Waals surface area contributed by atoms with Crippen LogP contribution in [-0.4, -0.2) is 35.1 Å². The Labute approximate surface area is 99.7 Å². The minimum absolute atomic E-state index is 0.0779. The monoisotopic (exact) mass is 239 g/mol. The van der Waals surface area contributed by atoms with Crippen LogP contribution < -0.4 is 5.73 Å². The Morgan fingerprint density at radius 2 is 2.18 bits per heavy atom. The van der Waals surface area contributed by atoms with Gasteiger partial charge in [0.2, 0.25) is 0 Å². The summed E-state index contributed by atoms with van der Waals surface area (Å²) < 4.78 is 12.1. The number of rotatable bonds is 2. The number of nitrogen functional groups attached to an aromatic ring is 1. The van der Waals surface area contributed by atoms with Crippen LogP contribution in [0.2, 0.25) is 0 Å². The summed E-state index contributed by atoms with van der Waals surface area (Å²) in [5.74, 6) is -0.405. The Morgan fingerprint density at radius 3 is 2.71 bits per heavy atom. The third-order valence-corrected chi connectivity index (χ3v) is 2.90. The molecule has 0 saturated carbocycles. The van der Waals surface area contributed by atoms with Crippen molar-refractivity contribution in [2.24, 2.45) is 7.05 Å². The first-order chi connectivity index (χ1) is 8.09. The fraction of sp³-hybridized carbons (Fsp3) is 0.636. The Bertz CT molecular complexity index is 422. The van der Waals surface area contributed by atoms with Crippen molar-refractivity contribution >= 4 is 11.7 Å². The molecule has 6 nitrogen and oxygen atoms in total. The highest BCUT2D eigenvalue weighted by Gasteiger charge is 2.24. The van der Waals surface area contributed by atoms with Crippen molar-refractivity contribution in [1.29, 1.82) is 0 Å². The number of nitrogens with zero attached hydrogens (tertiary/aromatic N) is 2. The van der Waals surface area contributed by atoms with E-state index in [0.717, 1.165) is 12.8 Å². The number of carbonyl (C=O) groups excluding carboxylic acids is 1. The zero-order chi connectivity index (χ0) is 12.4. The van der Waals surface area contributed by atoms with Crippen LogP contribution in [0.5, 0.6) is 0 Å². The maximum atomic E-state index is 12.0. The molecule has 6 heteroatoms. The average Bonchev–Trinajstić information content (AvgIpc) is 2.54. The number of ether oxygens (including phenoxy) is 2. The molecule has 0 unspecified atom stereocenters. The van der Waals surface area contributed by atoms with Crippen LogP contribution in [0, 0.1) is 6.92 Å². The van der Waals surface area contributed by atoms with Gasteiger partial charge in [0.15, 0.2) is 5.69 Å². The summed E-state index contributed by atoms with van der Waals surface area (Å²) in [6.07, 6.45) is 1.40. The van der Waals surface area contributed by atoms with Gasteiger partial charge >= 0.3 is 5.97 Å². The number of aryl methyl sites for hydroxylation is 2. The van der Waals surface area contributed by atoms with E-state index in [1.54, 1.807) is 14.0 Å². The topological polar surface area (TPSA) is 79.4 Å². The van der Waals surface area contributed by atoms with Crippen molar-refractivity contribution in [3.63, 3.8) is 0 Å². The smallest absolute Gasteiger partial charge is 0.359 e. The maximum Gasteiger partial charge on any atom is 0.359 e. The summed E-state index contributed by atoms with van der Waals surface area (Å²) >= 11 is 0. The van der Waals surface area contributed by atoms with Gasteiger partial charge in [-0.25, -0.2) is 4.79 Å². The molecule has 1 fully saturated rings. The molecule has 0 atom stereocenters. The number of anilines is 1. The van der Waals surface area contributed by atoms with Crippen LogP contribution in [0.25, 0.3) is 0 Å². The molecule has 1 aromatic heterocycles. The van der Waals surface area contributed by atoms with E-state index in [1.807, 2.05) is 0 Å². The predicted molar refractivity (Wildman–Crippen MR) is 61.6 cm³/mol. The number of aromatic nitrogens is 2. The fourth-order valence-electron chi connectivity index (χ4n) is 1.92. The minimum Gasteiger partial charge on any atom is -0.457 e. The van der Waals surface area contributed by atoms with E-state index in [1.165, 1.54) is 4.68 Å². The van der Waals surface area contributed by atoms with E-state index in [2.05, 4.69) is 5.10 Å². The van der Waals surface area contributed by atoms with Gasteiger partial charge in [0.25, 0.3) is 0 Å². The number of hydrogen-bond acceptors (Lipinski definition) is 5. The first-order valence-electron chi connectivity index (χ1n) is 5.67. The molecular formula is C11H17N3O3. The van der Waals surface area contributed by atoms with E-state index in [-0.39, 0.29) is 6.10 Å². The normalized spacial score (nSPS) is 17.1. The fourth-order valence-corrected chi connectivity index (χ4v) is 1.92. The Hall–Kier alpha value is -1.56. The second kappa shape index (κ2) is 4.75. The molecule has 1 saturated heterocycles. The molecule has 1 aromatic rings. The molecule has 0 radical (unpaired) electrons. The van der Waals surface area contributed by atoms with Crippen LogP contribution in [-0.2, 0) is 16.5 Å². The molecule has 94 valence electrons. The molecule has 2 N–H and O–H groups in total. The molecule has 0 bridgehead atoms. The third kappa shape index (κ3) is 2.41. The SMILES string of the molecule is Cc1nn(C)c(C(=O)OC2CCOCC2)c1N. The van der Waals surface area contributed by atoms with Gasteiger partial charge in [-0.2, -0.15) is 5.10 Å². The van der Waals surface area contributed by atoms with Crippen LogP contribution in [0.15, 0.2) is 0 Å². The molecule has 1 aliphatic heterocycles. The van der Waals surface area contributed by atoms with Gasteiger partial charge in [-0.05, 0) is 6.92 Å². The van der Waals surface area contributed by atoms with Gasteiger partial charge in [-0.3, -0.25) is 4.68 Å². The first-order valence-corrected chi connectivity index (χ1v) is 5.67. The van der Waals surface area contributed by atoms with Gasteiger partial charge in [-0.15, -0.1) is 0 Å². The lowest BCUT2D eigenvalue weighted by molar-refractivity contribution is -0.0165. The van der Waals surface area contributed by atoms with Gasteiger partial charge < -0.3 is 15.2 Å². The summed E-state index contributed by atoms with van der Waals surface area (Å²) in [6, 6.07) is 0. The van der Waals surface area contributed by atoms with Crippen LogP contribution in [0.1, 0.15) is 29.0 Å². The maximum absolute atomic E-state index is 12.0. The van der Waals surface area contributed by atoms with E-state index >= 15 is 0 Å². The van der Waals surface area contributed by atoms with Gasteiger partial charge in [0, 0.05) is 19.9 Å².